The Labute approximate surface area is 399 Å². The lowest BCUT2D eigenvalue weighted by Gasteiger charge is -2.18. The maximum absolute atomic E-state index is 12.8. The molecule has 0 aromatic rings. The second kappa shape index (κ2) is 55.2. The van der Waals surface area contributed by atoms with Crippen molar-refractivity contribution in [3.05, 3.63) is 48.6 Å². The summed E-state index contributed by atoms with van der Waals surface area (Å²) in [7, 11) is 0. The molecule has 0 amide bonds. The number of carbonyl (C=O) groups is 2. The maximum atomic E-state index is 12.8. The van der Waals surface area contributed by atoms with Crippen molar-refractivity contribution in [3.63, 3.8) is 0 Å². The van der Waals surface area contributed by atoms with Crippen LogP contribution in [-0.4, -0.2) is 37.9 Å². The van der Waals surface area contributed by atoms with E-state index in [1.807, 2.05) is 0 Å². The zero-order valence-corrected chi connectivity index (χ0v) is 43.1. The summed E-state index contributed by atoms with van der Waals surface area (Å²) in [6, 6.07) is 0. The van der Waals surface area contributed by atoms with Gasteiger partial charge in [-0.25, -0.2) is 0 Å². The van der Waals surface area contributed by atoms with E-state index in [2.05, 4.69) is 69.4 Å². The zero-order chi connectivity index (χ0) is 46.3. The summed E-state index contributed by atoms with van der Waals surface area (Å²) in [6.45, 7) is 7.79. The molecular formula is C59H108O5. The number of carbonyl (C=O) groups excluding carboxylic acids is 2. The van der Waals surface area contributed by atoms with Crippen molar-refractivity contribution < 1.29 is 23.8 Å². The highest BCUT2D eigenvalue weighted by Crippen LogP contribution is 2.16. The largest absolute Gasteiger partial charge is 0.462 e. The average molecular weight is 898 g/mol. The van der Waals surface area contributed by atoms with Gasteiger partial charge in [0.15, 0.2) is 6.10 Å². The van der Waals surface area contributed by atoms with Gasteiger partial charge in [0.05, 0.1) is 6.61 Å². The molecule has 1 unspecified atom stereocenters. The van der Waals surface area contributed by atoms with E-state index in [0.717, 1.165) is 64.2 Å². The van der Waals surface area contributed by atoms with Gasteiger partial charge in [-0.15, -0.1) is 0 Å². The van der Waals surface area contributed by atoms with Gasteiger partial charge in [-0.2, -0.15) is 0 Å². The molecule has 5 heteroatoms. The summed E-state index contributed by atoms with van der Waals surface area (Å²) in [6.07, 6.45) is 68.4. The fraction of sp³-hybridized carbons (Fsp3) is 0.831. The fourth-order valence-corrected chi connectivity index (χ4v) is 8.10. The Hall–Kier alpha value is -2.14. The molecule has 0 radical (unpaired) electrons. The Morgan fingerprint density at radius 3 is 1.06 bits per heavy atom. The fourth-order valence-electron chi connectivity index (χ4n) is 8.10. The predicted octanol–water partition coefficient (Wildman–Crippen LogP) is 19.1. The van der Waals surface area contributed by atoms with Crippen molar-refractivity contribution >= 4 is 11.9 Å². The monoisotopic (exact) mass is 897 g/mol. The van der Waals surface area contributed by atoms with Gasteiger partial charge in [0.25, 0.3) is 0 Å². The minimum Gasteiger partial charge on any atom is -0.462 e. The summed E-state index contributed by atoms with van der Waals surface area (Å²) in [4.78, 5) is 25.5. The van der Waals surface area contributed by atoms with Crippen LogP contribution in [0.4, 0.5) is 0 Å². The third-order valence-corrected chi connectivity index (χ3v) is 12.3. The first-order valence-corrected chi connectivity index (χ1v) is 28.2. The molecule has 374 valence electrons. The van der Waals surface area contributed by atoms with E-state index in [1.54, 1.807) is 0 Å². The van der Waals surface area contributed by atoms with Gasteiger partial charge in [-0.3, -0.25) is 9.59 Å². The SMILES string of the molecule is CCCCC/C=C\C/C=C\CCCCCCCCOCC(COC(=O)CCCCCCCCCCCCCCCCCCC)OC(=O)CCCCCCC/C=C\C/C=C\CCCCC. The van der Waals surface area contributed by atoms with Crippen LogP contribution in [-0.2, 0) is 23.8 Å². The van der Waals surface area contributed by atoms with E-state index in [4.69, 9.17) is 14.2 Å². The maximum Gasteiger partial charge on any atom is 0.306 e. The normalized spacial score (nSPS) is 12.5. The first-order chi connectivity index (χ1) is 31.6. The Balaban J connectivity index is 4.28. The van der Waals surface area contributed by atoms with Crippen molar-refractivity contribution in [2.24, 2.45) is 0 Å². The highest BCUT2D eigenvalue weighted by molar-refractivity contribution is 5.70. The van der Waals surface area contributed by atoms with Gasteiger partial charge < -0.3 is 14.2 Å². The number of allylic oxidation sites excluding steroid dienone is 8. The molecule has 0 spiro atoms. The highest BCUT2D eigenvalue weighted by atomic mass is 16.6. The van der Waals surface area contributed by atoms with Gasteiger partial charge in [-0.05, 0) is 83.5 Å². The van der Waals surface area contributed by atoms with Crippen molar-refractivity contribution in [2.75, 3.05) is 19.8 Å². The quantitative estimate of drug-likeness (QED) is 0.0346. The molecule has 0 aromatic carbocycles. The van der Waals surface area contributed by atoms with Crippen LogP contribution in [0.5, 0.6) is 0 Å². The molecule has 5 nitrogen and oxygen atoms in total. The minimum absolute atomic E-state index is 0.0788. The van der Waals surface area contributed by atoms with Gasteiger partial charge in [-0.1, -0.05) is 243 Å². The number of ether oxygens (including phenoxy) is 3. The first kappa shape index (κ1) is 61.9. The van der Waals surface area contributed by atoms with Crippen molar-refractivity contribution in [3.8, 4) is 0 Å². The molecule has 0 fully saturated rings. The zero-order valence-electron chi connectivity index (χ0n) is 43.1. The summed E-state index contributed by atoms with van der Waals surface area (Å²) in [5.41, 5.74) is 0. The Morgan fingerprint density at radius 2 is 0.656 bits per heavy atom. The van der Waals surface area contributed by atoms with E-state index in [0.29, 0.717) is 19.4 Å². The van der Waals surface area contributed by atoms with E-state index in [-0.39, 0.29) is 25.2 Å². The Kier molecular flexibility index (Phi) is 53.3. The van der Waals surface area contributed by atoms with Crippen LogP contribution in [0, 0.1) is 0 Å². The lowest BCUT2D eigenvalue weighted by atomic mass is 10.0. The number of rotatable bonds is 52. The molecule has 0 rings (SSSR count). The van der Waals surface area contributed by atoms with Gasteiger partial charge >= 0.3 is 11.9 Å². The van der Waals surface area contributed by atoms with Gasteiger partial charge in [0, 0.05) is 19.4 Å². The van der Waals surface area contributed by atoms with Crippen molar-refractivity contribution in [2.45, 2.75) is 297 Å². The molecule has 0 aliphatic heterocycles. The number of esters is 2. The predicted molar refractivity (Wildman–Crippen MR) is 279 cm³/mol. The summed E-state index contributed by atoms with van der Waals surface area (Å²) in [5, 5.41) is 0. The number of hydrogen-bond donors (Lipinski definition) is 0. The topological polar surface area (TPSA) is 61.8 Å². The van der Waals surface area contributed by atoms with Crippen LogP contribution < -0.4 is 0 Å². The molecular weight excluding hydrogens is 789 g/mol. The van der Waals surface area contributed by atoms with Crippen LogP contribution in [0.25, 0.3) is 0 Å². The Morgan fingerprint density at radius 1 is 0.344 bits per heavy atom. The lowest BCUT2D eigenvalue weighted by Crippen LogP contribution is -2.30. The second-order valence-electron chi connectivity index (χ2n) is 18.8. The molecule has 0 heterocycles. The summed E-state index contributed by atoms with van der Waals surface area (Å²) < 4.78 is 17.4. The molecule has 0 aliphatic rings. The summed E-state index contributed by atoms with van der Waals surface area (Å²) >= 11 is 0. The molecule has 0 saturated carbocycles. The highest BCUT2D eigenvalue weighted by Gasteiger charge is 2.17. The second-order valence-corrected chi connectivity index (χ2v) is 18.8. The van der Waals surface area contributed by atoms with Crippen molar-refractivity contribution in [1.29, 1.82) is 0 Å². The van der Waals surface area contributed by atoms with Gasteiger partial charge in [0.1, 0.15) is 6.61 Å². The third-order valence-electron chi connectivity index (χ3n) is 12.3. The van der Waals surface area contributed by atoms with E-state index >= 15 is 0 Å². The molecule has 0 N–H and O–H groups in total. The van der Waals surface area contributed by atoms with Crippen LogP contribution in [0.15, 0.2) is 48.6 Å². The third kappa shape index (κ3) is 52.5. The average Bonchev–Trinajstić information content (AvgIpc) is 3.30. The first-order valence-electron chi connectivity index (χ1n) is 28.2. The standard InChI is InChI=1S/C59H108O5/c1-4-7-10-13-16-19-22-25-28-30-32-34-37-40-43-46-49-52-58(60)63-56-57(55-62-54-51-48-45-42-39-36-33-29-26-23-20-17-14-11-8-5-2)64-59(61)53-50-47-44-41-38-35-31-27-24-21-18-15-12-9-6-3/h17-18,20-21,26-27,29,31,57H,4-16,19,22-25,28,30,32-56H2,1-3H3/b20-17-,21-18-,29-26-,31-27-. The van der Waals surface area contributed by atoms with Gasteiger partial charge in [0.2, 0.25) is 0 Å². The van der Waals surface area contributed by atoms with E-state index in [1.165, 1.54) is 193 Å². The Bertz CT molecular complexity index is 1060. The number of unbranched alkanes of at least 4 members (excludes halogenated alkanes) is 33. The molecule has 0 aromatic heterocycles. The van der Waals surface area contributed by atoms with E-state index < -0.39 is 6.10 Å². The van der Waals surface area contributed by atoms with Crippen molar-refractivity contribution in [1.82, 2.24) is 0 Å². The molecule has 1 atom stereocenters. The van der Waals surface area contributed by atoms with Crippen LogP contribution in [0.2, 0.25) is 0 Å². The van der Waals surface area contributed by atoms with E-state index in [9.17, 15) is 9.59 Å². The summed E-state index contributed by atoms with van der Waals surface area (Å²) in [5.74, 6) is -0.405. The van der Waals surface area contributed by atoms with Crippen LogP contribution in [0.3, 0.4) is 0 Å². The minimum atomic E-state index is -0.547. The molecule has 0 saturated heterocycles. The van der Waals surface area contributed by atoms with Crippen LogP contribution >= 0.6 is 0 Å². The smallest absolute Gasteiger partial charge is 0.306 e. The number of hydrogen-bond acceptors (Lipinski definition) is 5. The van der Waals surface area contributed by atoms with Crippen LogP contribution in [0.1, 0.15) is 290 Å². The lowest BCUT2D eigenvalue weighted by molar-refractivity contribution is -0.163. The molecule has 0 aliphatic carbocycles. The molecule has 0 bridgehead atoms. The molecule has 64 heavy (non-hydrogen) atoms.